The molecule has 0 unspecified atom stereocenters. The maximum absolute atomic E-state index is 11.9. The van der Waals surface area contributed by atoms with E-state index in [0.29, 0.717) is 35.6 Å². The molecular weight excluding hydrogens is 356 g/mol. The Labute approximate surface area is 161 Å². The van der Waals surface area contributed by atoms with Crippen molar-refractivity contribution in [3.63, 3.8) is 0 Å². The molecule has 3 heterocycles. The highest BCUT2D eigenvalue weighted by atomic mass is 16.5. The van der Waals surface area contributed by atoms with Crippen molar-refractivity contribution in [3.8, 4) is 11.3 Å². The summed E-state index contributed by atoms with van der Waals surface area (Å²) in [4.78, 5) is 28.0. The molecule has 0 radical (unpaired) electrons. The number of hydrogen-bond donors (Lipinski definition) is 2. The Bertz CT molecular complexity index is 1090. The number of hydrogen-bond acceptors (Lipinski definition) is 7. The number of nitrogens with one attached hydrogen (secondary N) is 1. The van der Waals surface area contributed by atoms with Gasteiger partial charge >= 0.3 is 0 Å². The SMILES string of the molecule is CNC(=O)c1cccc(-c2ccc3c(N)nc(N4CCO[C@H]5C[C@H]54)nc3n2)c1. The number of pyridine rings is 1. The lowest BCUT2D eigenvalue weighted by Crippen LogP contribution is -2.38. The van der Waals surface area contributed by atoms with E-state index < -0.39 is 0 Å². The van der Waals surface area contributed by atoms with Crippen LogP contribution in [0.1, 0.15) is 16.8 Å². The first-order valence-electron chi connectivity index (χ1n) is 9.29. The summed E-state index contributed by atoms with van der Waals surface area (Å²) in [5.41, 5.74) is 8.90. The van der Waals surface area contributed by atoms with Gasteiger partial charge in [-0.3, -0.25) is 4.79 Å². The van der Waals surface area contributed by atoms with Crippen molar-refractivity contribution in [2.24, 2.45) is 0 Å². The van der Waals surface area contributed by atoms with E-state index in [2.05, 4.69) is 20.2 Å². The van der Waals surface area contributed by atoms with Crippen molar-refractivity contribution in [2.45, 2.75) is 18.6 Å². The second-order valence-electron chi connectivity index (χ2n) is 7.04. The van der Waals surface area contributed by atoms with Crippen LogP contribution in [0.2, 0.25) is 0 Å². The molecule has 8 nitrogen and oxygen atoms in total. The molecule has 2 atom stereocenters. The van der Waals surface area contributed by atoms with E-state index in [-0.39, 0.29) is 12.0 Å². The van der Waals surface area contributed by atoms with Gasteiger partial charge in [-0.15, -0.1) is 0 Å². The molecule has 1 aromatic carbocycles. The number of aromatic nitrogens is 3. The highest BCUT2D eigenvalue weighted by Crippen LogP contribution is 2.37. The predicted octanol–water partition coefficient (Wildman–Crippen LogP) is 1.61. The number of carbonyl (C=O) groups excluding carboxylic acids is 1. The first-order chi connectivity index (χ1) is 13.6. The third-order valence-corrected chi connectivity index (χ3v) is 5.25. The van der Waals surface area contributed by atoms with Gasteiger partial charge < -0.3 is 20.7 Å². The zero-order valence-electron chi connectivity index (χ0n) is 15.4. The van der Waals surface area contributed by atoms with Crippen molar-refractivity contribution >= 4 is 28.7 Å². The van der Waals surface area contributed by atoms with Gasteiger partial charge in [-0.2, -0.15) is 9.97 Å². The van der Waals surface area contributed by atoms with Crippen LogP contribution in [-0.4, -0.2) is 53.2 Å². The number of anilines is 2. The molecule has 8 heteroatoms. The van der Waals surface area contributed by atoms with Crippen molar-refractivity contribution in [1.29, 1.82) is 0 Å². The molecular formula is C20H20N6O2. The number of rotatable bonds is 3. The number of carbonyl (C=O) groups is 1. The van der Waals surface area contributed by atoms with Crippen LogP contribution in [-0.2, 0) is 4.74 Å². The molecule has 1 saturated heterocycles. The largest absolute Gasteiger partial charge is 0.383 e. The number of nitrogen functional groups attached to an aromatic ring is 1. The molecule has 2 aromatic heterocycles. The highest BCUT2D eigenvalue weighted by Gasteiger charge is 2.47. The first kappa shape index (κ1) is 16.9. The summed E-state index contributed by atoms with van der Waals surface area (Å²) in [5, 5.41) is 3.35. The summed E-state index contributed by atoms with van der Waals surface area (Å²) in [6.07, 6.45) is 1.28. The Hall–Kier alpha value is -3.26. The van der Waals surface area contributed by atoms with Crippen LogP contribution in [0.3, 0.4) is 0 Å². The van der Waals surface area contributed by atoms with Gasteiger partial charge in [0.25, 0.3) is 5.91 Å². The number of nitrogens with zero attached hydrogens (tertiary/aromatic N) is 4. The Morgan fingerprint density at radius 3 is 3.00 bits per heavy atom. The minimum Gasteiger partial charge on any atom is -0.383 e. The maximum atomic E-state index is 11.9. The van der Waals surface area contributed by atoms with E-state index in [1.165, 1.54) is 0 Å². The first-order valence-corrected chi connectivity index (χ1v) is 9.29. The third kappa shape index (κ3) is 2.82. The Kier molecular flexibility index (Phi) is 3.87. The van der Waals surface area contributed by atoms with Crippen LogP contribution >= 0.6 is 0 Å². The lowest BCUT2D eigenvalue weighted by Gasteiger charge is -2.26. The summed E-state index contributed by atoms with van der Waals surface area (Å²) in [7, 11) is 1.61. The summed E-state index contributed by atoms with van der Waals surface area (Å²) < 4.78 is 5.66. The molecule has 5 rings (SSSR count). The van der Waals surface area contributed by atoms with Crippen LogP contribution < -0.4 is 16.0 Å². The van der Waals surface area contributed by atoms with Crippen molar-refractivity contribution in [2.75, 3.05) is 30.8 Å². The van der Waals surface area contributed by atoms with Gasteiger partial charge in [-0.25, -0.2) is 4.98 Å². The number of fused-ring (bicyclic) bond motifs is 2. The summed E-state index contributed by atoms with van der Waals surface area (Å²) >= 11 is 0. The molecule has 3 aromatic rings. The normalized spacial score (nSPS) is 20.7. The number of amides is 1. The quantitative estimate of drug-likeness (QED) is 0.715. The molecule has 2 fully saturated rings. The molecule has 1 aliphatic heterocycles. The van der Waals surface area contributed by atoms with E-state index >= 15 is 0 Å². The van der Waals surface area contributed by atoms with Gasteiger partial charge in [0, 0.05) is 24.7 Å². The minimum absolute atomic E-state index is 0.136. The van der Waals surface area contributed by atoms with Crippen LogP contribution in [0.15, 0.2) is 36.4 Å². The molecule has 28 heavy (non-hydrogen) atoms. The van der Waals surface area contributed by atoms with Crippen LogP contribution in [0.5, 0.6) is 0 Å². The Morgan fingerprint density at radius 2 is 2.14 bits per heavy atom. The lowest BCUT2D eigenvalue weighted by atomic mass is 10.1. The molecule has 2 aliphatic rings. The zero-order valence-corrected chi connectivity index (χ0v) is 15.4. The second kappa shape index (κ2) is 6.42. The average molecular weight is 376 g/mol. The third-order valence-electron chi connectivity index (χ3n) is 5.25. The predicted molar refractivity (Wildman–Crippen MR) is 106 cm³/mol. The molecule has 0 bridgehead atoms. The number of benzene rings is 1. The lowest BCUT2D eigenvalue weighted by molar-refractivity contribution is 0.0963. The van der Waals surface area contributed by atoms with Gasteiger partial charge in [-0.05, 0) is 30.7 Å². The topological polar surface area (TPSA) is 106 Å². The fraction of sp³-hybridized carbons (Fsp3) is 0.300. The van der Waals surface area contributed by atoms with Gasteiger partial charge in [0.1, 0.15) is 5.82 Å². The monoisotopic (exact) mass is 376 g/mol. The van der Waals surface area contributed by atoms with Crippen LogP contribution in [0.25, 0.3) is 22.3 Å². The molecule has 1 saturated carbocycles. The number of nitrogens with two attached hydrogens (primary N) is 1. The van der Waals surface area contributed by atoms with Crippen molar-refractivity contribution in [1.82, 2.24) is 20.3 Å². The fourth-order valence-electron chi connectivity index (χ4n) is 3.66. The maximum Gasteiger partial charge on any atom is 0.251 e. The molecule has 0 spiro atoms. The van der Waals surface area contributed by atoms with Crippen LogP contribution in [0.4, 0.5) is 11.8 Å². The van der Waals surface area contributed by atoms with E-state index in [0.717, 1.165) is 29.6 Å². The second-order valence-corrected chi connectivity index (χ2v) is 7.04. The standard InChI is InChI=1S/C20H20N6O2/c1-22-19(27)12-4-2-3-11(9-12)14-6-5-13-17(21)24-20(25-18(13)23-14)26-7-8-28-16-10-15(16)26/h2-6,9,15-16H,7-8,10H2,1H3,(H,22,27)(H2,21,23,24,25)/t15-,16+/m1/s1. The van der Waals surface area contributed by atoms with Gasteiger partial charge in [0.15, 0.2) is 5.65 Å². The zero-order chi connectivity index (χ0) is 19.3. The molecule has 1 aliphatic carbocycles. The molecule has 3 N–H and O–H groups in total. The van der Waals surface area contributed by atoms with Crippen molar-refractivity contribution in [3.05, 3.63) is 42.0 Å². The number of ether oxygens (including phenoxy) is 1. The number of morpholine rings is 1. The van der Waals surface area contributed by atoms with Gasteiger partial charge in [-0.1, -0.05) is 12.1 Å². The minimum atomic E-state index is -0.136. The van der Waals surface area contributed by atoms with E-state index in [1.54, 1.807) is 13.1 Å². The fourth-order valence-corrected chi connectivity index (χ4v) is 3.66. The highest BCUT2D eigenvalue weighted by molar-refractivity contribution is 5.95. The summed E-state index contributed by atoms with van der Waals surface area (Å²) in [6.45, 7) is 1.42. The van der Waals surface area contributed by atoms with E-state index in [1.807, 2.05) is 30.3 Å². The van der Waals surface area contributed by atoms with E-state index in [4.69, 9.17) is 15.5 Å². The van der Waals surface area contributed by atoms with Gasteiger partial charge in [0.05, 0.1) is 29.8 Å². The average Bonchev–Trinajstić information content (AvgIpc) is 3.52. The molecule has 142 valence electrons. The van der Waals surface area contributed by atoms with E-state index in [9.17, 15) is 4.79 Å². The summed E-state index contributed by atoms with van der Waals surface area (Å²) in [5.74, 6) is 0.884. The van der Waals surface area contributed by atoms with Crippen LogP contribution in [0, 0.1) is 0 Å². The molecule has 1 amide bonds. The van der Waals surface area contributed by atoms with Crippen molar-refractivity contribution < 1.29 is 9.53 Å². The van der Waals surface area contributed by atoms with Gasteiger partial charge in [0.2, 0.25) is 5.95 Å². The smallest absolute Gasteiger partial charge is 0.251 e. The Balaban J connectivity index is 1.56. The Morgan fingerprint density at radius 1 is 1.25 bits per heavy atom. The summed E-state index contributed by atoms with van der Waals surface area (Å²) in [6, 6.07) is 11.4.